The fourth-order valence-electron chi connectivity index (χ4n) is 2.90. The number of aliphatic carboxylic acids is 1. The van der Waals surface area contributed by atoms with E-state index in [-0.39, 0.29) is 11.4 Å². The zero-order valence-corrected chi connectivity index (χ0v) is 17.2. The molecule has 1 aliphatic heterocycles. The lowest BCUT2D eigenvalue weighted by Gasteiger charge is -2.25. The van der Waals surface area contributed by atoms with Crippen molar-refractivity contribution < 1.29 is 19.0 Å². The second kappa shape index (κ2) is 7.77. The minimum Gasteiger partial charge on any atom is -0.486 e. The summed E-state index contributed by atoms with van der Waals surface area (Å²) in [6.45, 7) is 3.51. The average molecular weight is 454 g/mol. The number of carbonyl (C=O) groups is 1. The number of nitrogens with one attached hydrogen (secondary N) is 1. The van der Waals surface area contributed by atoms with Crippen molar-refractivity contribution in [2.75, 3.05) is 7.11 Å². The molecule has 1 aromatic carbocycles. The van der Waals surface area contributed by atoms with Crippen LogP contribution < -0.4 is 10.1 Å². The first-order chi connectivity index (χ1) is 12.9. The lowest BCUT2D eigenvalue weighted by Crippen LogP contribution is -2.32. The minimum absolute atomic E-state index is 0.108. The molecule has 3 rings (SSSR count). The van der Waals surface area contributed by atoms with E-state index in [0.717, 1.165) is 0 Å². The standard InChI is InChI=1S/C18H17BrFN3O3S/c1-4-9-11(20)6-5-10(14(9)19)15-13(18(24)25)8(2)22-16(23-15)17-21-7-12(26-3)27-17/h5-7,15H,4H2,1-3H3,(H,22,23)(H,24,25). The number of benzene rings is 1. The van der Waals surface area contributed by atoms with Crippen molar-refractivity contribution in [3.05, 3.63) is 56.0 Å². The highest BCUT2D eigenvalue weighted by Crippen LogP contribution is 2.38. The Kier molecular flexibility index (Phi) is 5.61. The van der Waals surface area contributed by atoms with Crippen LogP contribution in [-0.2, 0) is 11.2 Å². The number of thiazole rings is 1. The van der Waals surface area contributed by atoms with Gasteiger partial charge in [0.15, 0.2) is 15.9 Å². The molecule has 6 nitrogen and oxygen atoms in total. The van der Waals surface area contributed by atoms with Gasteiger partial charge in [0.2, 0.25) is 0 Å². The van der Waals surface area contributed by atoms with Gasteiger partial charge in [-0.25, -0.2) is 14.2 Å². The molecular formula is C18H17BrFN3O3S. The van der Waals surface area contributed by atoms with Crippen LogP contribution in [0.1, 0.15) is 36.0 Å². The molecule has 9 heteroatoms. The molecule has 1 aliphatic rings. The molecule has 0 bridgehead atoms. The van der Waals surface area contributed by atoms with Crippen LogP contribution >= 0.6 is 27.3 Å². The second-order valence-corrected chi connectivity index (χ2v) is 7.61. The topological polar surface area (TPSA) is 83.8 Å². The van der Waals surface area contributed by atoms with Gasteiger partial charge in [0, 0.05) is 15.7 Å². The van der Waals surface area contributed by atoms with Crippen molar-refractivity contribution in [1.29, 1.82) is 0 Å². The van der Waals surface area contributed by atoms with Gasteiger partial charge in [-0.2, -0.15) is 0 Å². The maximum absolute atomic E-state index is 14.1. The van der Waals surface area contributed by atoms with E-state index in [9.17, 15) is 14.3 Å². The summed E-state index contributed by atoms with van der Waals surface area (Å²) in [5, 5.41) is 13.9. The molecule has 0 amide bonds. The summed E-state index contributed by atoms with van der Waals surface area (Å²) < 4.78 is 19.8. The maximum atomic E-state index is 14.1. The first-order valence-corrected chi connectivity index (χ1v) is 9.74. The molecular weight excluding hydrogens is 437 g/mol. The van der Waals surface area contributed by atoms with Crippen molar-refractivity contribution >= 4 is 39.1 Å². The molecule has 2 N–H and O–H groups in total. The Morgan fingerprint density at radius 3 is 2.81 bits per heavy atom. The highest BCUT2D eigenvalue weighted by Gasteiger charge is 2.32. The van der Waals surface area contributed by atoms with E-state index in [1.54, 1.807) is 26.3 Å². The molecule has 0 saturated carbocycles. The third-order valence-corrected chi connectivity index (χ3v) is 6.13. The molecule has 0 spiro atoms. The number of hydrogen-bond acceptors (Lipinski definition) is 6. The predicted octanol–water partition coefficient (Wildman–Crippen LogP) is 4.07. The monoisotopic (exact) mass is 453 g/mol. The molecule has 0 fully saturated rings. The number of halogens is 2. The fraction of sp³-hybridized carbons (Fsp3) is 0.278. The Morgan fingerprint density at radius 2 is 2.22 bits per heavy atom. The van der Waals surface area contributed by atoms with Crippen LogP contribution in [0.15, 0.2) is 39.1 Å². The van der Waals surface area contributed by atoms with Crippen LogP contribution in [-0.4, -0.2) is 29.0 Å². The number of ether oxygens (including phenoxy) is 1. The summed E-state index contributed by atoms with van der Waals surface area (Å²) in [5.41, 5.74) is 1.64. The van der Waals surface area contributed by atoms with Gasteiger partial charge in [-0.15, -0.1) is 0 Å². The van der Waals surface area contributed by atoms with Crippen LogP contribution in [0.5, 0.6) is 5.06 Å². The average Bonchev–Trinajstić information content (AvgIpc) is 3.10. The first-order valence-electron chi connectivity index (χ1n) is 8.13. The third-order valence-electron chi connectivity index (χ3n) is 4.22. The van der Waals surface area contributed by atoms with E-state index in [0.29, 0.717) is 43.6 Å². The summed E-state index contributed by atoms with van der Waals surface area (Å²) >= 11 is 4.73. The second-order valence-electron chi connectivity index (χ2n) is 5.82. The zero-order chi connectivity index (χ0) is 19.7. The van der Waals surface area contributed by atoms with Gasteiger partial charge in [0.1, 0.15) is 11.9 Å². The summed E-state index contributed by atoms with van der Waals surface area (Å²) in [5.74, 6) is -0.975. The highest BCUT2D eigenvalue weighted by molar-refractivity contribution is 9.10. The van der Waals surface area contributed by atoms with Crippen LogP contribution in [0.2, 0.25) is 0 Å². The van der Waals surface area contributed by atoms with E-state index in [2.05, 4.69) is 31.2 Å². The third kappa shape index (κ3) is 3.61. The number of aliphatic imine (C=N–C) groups is 1. The number of allylic oxidation sites excluding steroid dienone is 1. The van der Waals surface area contributed by atoms with E-state index >= 15 is 0 Å². The number of amidine groups is 1. The first kappa shape index (κ1) is 19.5. The van der Waals surface area contributed by atoms with Gasteiger partial charge >= 0.3 is 5.97 Å². The van der Waals surface area contributed by atoms with E-state index in [1.165, 1.54) is 17.4 Å². The smallest absolute Gasteiger partial charge is 0.335 e. The van der Waals surface area contributed by atoms with Crippen molar-refractivity contribution in [3.8, 4) is 5.06 Å². The Balaban J connectivity index is 2.16. The Morgan fingerprint density at radius 1 is 1.48 bits per heavy atom. The number of aromatic nitrogens is 1. The SMILES string of the molecule is CCc1c(F)ccc(C2N=C(c3ncc(OC)s3)NC(C)=C2C(=O)O)c1Br. The van der Waals surface area contributed by atoms with Crippen LogP contribution in [0.25, 0.3) is 0 Å². The van der Waals surface area contributed by atoms with Gasteiger partial charge < -0.3 is 15.2 Å². The number of methoxy groups -OCH3 is 1. The molecule has 27 heavy (non-hydrogen) atoms. The van der Waals surface area contributed by atoms with Gasteiger partial charge in [0.25, 0.3) is 0 Å². The van der Waals surface area contributed by atoms with Crippen LogP contribution in [0.4, 0.5) is 4.39 Å². The van der Waals surface area contributed by atoms with Crippen molar-refractivity contribution in [1.82, 2.24) is 10.3 Å². The van der Waals surface area contributed by atoms with Gasteiger partial charge in [0.05, 0.1) is 18.9 Å². The normalized spacial score (nSPS) is 16.8. The molecule has 1 atom stereocenters. The molecule has 0 saturated heterocycles. The summed E-state index contributed by atoms with van der Waals surface area (Å²) in [6, 6.07) is 2.11. The highest BCUT2D eigenvalue weighted by atomic mass is 79.9. The summed E-state index contributed by atoms with van der Waals surface area (Å²) in [7, 11) is 1.55. The van der Waals surface area contributed by atoms with Gasteiger partial charge in [-0.1, -0.05) is 40.3 Å². The predicted molar refractivity (Wildman–Crippen MR) is 105 cm³/mol. The summed E-state index contributed by atoms with van der Waals surface area (Å²) in [4.78, 5) is 20.8. The zero-order valence-electron chi connectivity index (χ0n) is 14.8. The Bertz CT molecular complexity index is 971. The van der Waals surface area contributed by atoms with Crippen molar-refractivity contribution in [2.45, 2.75) is 26.3 Å². The molecule has 1 unspecified atom stereocenters. The van der Waals surface area contributed by atoms with Crippen molar-refractivity contribution in [2.24, 2.45) is 4.99 Å². The lowest BCUT2D eigenvalue weighted by molar-refractivity contribution is -0.133. The van der Waals surface area contributed by atoms with E-state index < -0.39 is 12.0 Å². The van der Waals surface area contributed by atoms with Crippen LogP contribution in [0.3, 0.4) is 0 Å². The van der Waals surface area contributed by atoms with E-state index in [1.807, 2.05) is 6.92 Å². The number of hydrogen-bond donors (Lipinski definition) is 2. The van der Waals surface area contributed by atoms with Gasteiger partial charge in [-0.3, -0.25) is 4.99 Å². The Labute approximate surface area is 167 Å². The largest absolute Gasteiger partial charge is 0.486 e. The molecule has 2 heterocycles. The number of carboxylic acids is 1. The fourth-order valence-corrected chi connectivity index (χ4v) is 4.41. The van der Waals surface area contributed by atoms with Crippen LogP contribution in [0, 0.1) is 5.82 Å². The molecule has 0 radical (unpaired) electrons. The van der Waals surface area contributed by atoms with Crippen molar-refractivity contribution in [3.63, 3.8) is 0 Å². The number of nitrogens with zero attached hydrogens (tertiary/aromatic N) is 2. The summed E-state index contributed by atoms with van der Waals surface area (Å²) in [6.07, 6.45) is 2.05. The van der Waals surface area contributed by atoms with E-state index in [4.69, 9.17) is 4.74 Å². The quantitative estimate of drug-likeness (QED) is 0.712. The maximum Gasteiger partial charge on any atom is 0.335 e. The molecule has 1 aromatic heterocycles. The minimum atomic E-state index is -1.08. The van der Waals surface area contributed by atoms with Gasteiger partial charge in [-0.05, 0) is 25.0 Å². The lowest BCUT2D eigenvalue weighted by atomic mass is 9.94. The number of rotatable bonds is 5. The number of carboxylic acid groups (broad SMARTS) is 1. The molecule has 2 aromatic rings. The molecule has 0 aliphatic carbocycles. The Hall–Kier alpha value is -2.26. The molecule has 142 valence electrons.